The zero-order chi connectivity index (χ0) is 14.5. The number of aliphatic carboxylic acids is 1. The van der Waals surface area contributed by atoms with E-state index in [2.05, 4.69) is 5.32 Å². The van der Waals surface area contributed by atoms with E-state index in [1.165, 1.54) is 0 Å². The molecule has 19 heavy (non-hydrogen) atoms. The average molecular weight is 292 g/mol. The molecular weight excluding hydrogens is 268 g/mol. The lowest BCUT2D eigenvalue weighted by atomic mass is 10.1. The number of nitrogens with one attached hydrogen (secondary N) is 1. The van der Waals surface area contributed by atoms with Crippen molar-refractivity contribution in [1.29, 1.82) is 0 Å². The second kappa shape index (κ2) is 7.21. The molecule has 7 heteroatoms. The third-order valence-electron chi connectivity index (χ3n) is 3.56. The fourth-order valence-electron chi connectivity index (χ4n) is 2.18. The molecule has 0 aromatic heterocycles. The molecule has 6 nitrogen and oxygen atoms in total. The van der Waals surface area contributed by atoms with E-state index >= 15 is 0 Å². The van der Waals surface area contributed by atoms with Gasteiger partial charge in [-0.2, -0.15) is 4.31 Å². The number of sulfonamides is 1. The van der Waals surface area contributed by atoms with E-state index in [9.17, 15) is 13.2 Å². The van der Waals surface area contributed by atoms with Crippen LogP contribution in [-0.2, 0) is 14.8 Å². The molecule has 1 saturated heterocycles. The zero-order valence-electron chi connectivity index (χ0n) is 11.6. The maximum atomic E-state index is 12.2. The van der Waals surface area contributed by atoms with E-state index in [1.807, 2.05) is 13.8 Å². The molecule has 0 aromatic rings. The summed E-state index contributed by atoms with van der Waals surface area (Å²) in [4.78, 5) is 11.1. The van der Waals surface area contributed by atoms with Gasteiger partial charge in [-0.05, 0) is 32.6 Å². The van der Waals surface area contributed by atoms with Crippen LogP contribution in [0.3, 0.4) is 0 Å². The van der Waals surface area contributed by atoms with Crippen molar-refractivity contribution < 1.29 is 18.3 Å². The van der Waals surface area contributed by atoms with Crippen LogP contribution in [-0.4, -0.2) is 54.7 Å². The van der Waals surface area contributed by atoms with Gasteiger partial charge in [0.2, 0.25) is 10.0 Å². The van der Waals surface area contributed by atoms with E-state index in [4.69, 9.17) is 5.11 Å². The van der Waals surface area contributed by atoms with Crippen molar-refractivity contribution in [2.75, 3.05) is 18.8 Å². The minimum atomic E-state index is -3.49. The van der Waals surface area contributed by atoms with Crippen molar-refractivity contribution >= 4 is 16.0 Å². The van der Waals surface area contributed by atoms with Gasteiger partial charge in [0.1, 0.15) is 6.04 Å². The molecule has 1 heterocycles. The van der Waals surface area contributed by atoms with Crippen LogP contribution in [0.15, 0.2) is 0 Å². The summed E-state index contributed by atoms with van der Waals surface area (Å²) in [5, 5.41) is 12.2. The number of carboxylic acids is 1. The number of carbonyl (C=O) groups is 1. The Morgan fingerprint density at radius 1 is 1.47 bits per heavy atom. The van der Waals surface area contributed by atoms with Crippen LogP contribution in [0.2, 0.25) is 0 Å². The van der Waals surface area contributed by atoms with Crippen LogP contribution in [0.5, 0.6) is 0 Å². The summed E-state index contributed by atoms with van der Waals surface area (Å²) in [6.07, 6.45) is 2.85. The third kappa shape index (κ3) is 4.74. The first kappa shape index (κ1) is 16.4. The Balaban J connectivity index is 2.61. The Morgan fingerprint density at radius 2 is 2.16 bits per heavy atom. The molecule has 0 amide bonds. The van der Waals surface area contributed by atoms with Crippen molar-refractivity contribution in [2.24, 2.45) is 0 Å². The van der Waals surface area contributed by atoms with Gasteiger partial charge in [0.05, 0.1) is 5.75 Å². The van der Waals surface area contributed by atoms with Crippen molar-refractivity contribution in [1.82, 2.24) is 9.62 Å². The largest absolute Gasteiger partial charge is 0.480 e. The first-order valence-electron chi connectivity index (χ1n) is 6.84. The first-order chi connectivity index (χ1) is 8.88. The van der Waals surface area contributed by atoms with Gasteiger partial charge in [-0.3, -0.25) is 4.79 Å². The highest BCUT2D eigenvalue weighted by molar-refractivity contribution is 7.89. The Kier molecular flexibility index (Phi) is 6.22. The standard InChI is InChI=1S/C12H24N2O4S/c1-3-10(2)13-7-9-19(17,18)14-8-5-4-6-11(14)12(15)16/h10-11,13H,3-9H2,1-2H3,(H,15,16). The van der Waals surface area contributed by atoms with Crippen LogP contribution in [0.1, 0.15) is 39.5 Å². The van der Waals surface area contributed by atoms with Crippen LogP contribution in [0, 0.1) is 0 Å². The molecule has 0 saturated carbocycles. The Morgan fingerprint density at radius 3 is 2.74 bits per heavy atom. The van der Waals surface area contributed by atoms with Crippen LogP contribution < -0.4 is 5.32 Å². The number of nitrogens with zero attached hydrogens (tertiary/aromatic N) is 1. The second-order valence-corrected chi connectivity index (χ2v) is 7.08. The number of hydrogen-bond acceptors (Lipinski definition) is 4. The molecule has 1 rings (SSSR count). The van der Waals surface area contributed by atoms with Crippen molar-refractivity contribution in [3.63, 3.8) is 0 Å². The predicted octanol–water partition coefficient (Wildman–Crippen LogP) is 0.643. The van der Waals surface area contributed by atoms with Crippen LogP contribution in [0.4, 0.5) is 0 Å². The maximum absolute atomic E-state index is 12.2. The quantitative estimate of drug-likeness (QED) is 0.719. The van der Waals surface area contributed by atoms with Gasteiger partial charge >= 0.3 is 5.97 Å². The number of carboxylic acid groups (broad SMARTS) is 1. The highest BCUT2D eigenvalue weighted by atomic mass is 32.2. The summed E-state index contributed by atoms with van der Waals surface area (Å²) in [5.74, 6) is -1.08. The lowest BCUT2D eigenvalue weighted by Crippen LogP contribution is -2.49. The molecule has 0 radical (unpaired) electrons. The van der Waals surface area contributed by atoms with E-state index in [0.717, 1.165) is 23.6 Å². The normalized spacial score (nSPS) is 23.2. The minimum Gasteiger partial charge on any atom is -0.480 e. The Hall–Kier alpha value is -0.660. The summed E-state index contributed by atoms with van der Waals surface area (Å²) in [7, 11) is -3.49. The van der Waals surface area contributed by atoms with Crippen molar-refractivity contribution in [3.8, 4) is 0 Å². The molecule has 0 aliphatic carbocycles. The molecule has 2 unspecified atom stereocenters. The maximum Gasteiger partial charge on any atom is 0.322 e. The first-order valence-corrected chi connectivity index (χ1v) is 8.45. The molecule has 0 bridgehead atoms. The van der Waals surface area contributed by atoms with Gasteiger partial charge in [-0.25, -0.2) is 8.42 Å². The van der Waals surface area contributed by atoms with Crippen molar-refractivity contribution in [2.45, 2.75) is 51.6 Å². The fourth-order valence-corrected chi connectivity index (χ4v) is 3.78. The Labute approximate surface area is 115 Å². The molecule has 2 N–H and O–H groups in total. The van der Waals surface area contributed by atoms with Crippen molar-refractivity contribution in [3.05, 3.63) is 0 Å². The minimum absolute atomic E-state index is 0.0406. The summed E-state index contributed by atoms with van der Waals surface area (Å²) >= 11 is 0. The van der Waals surface area contributed by atoms with Crippen LogP contribution >= 0.6 is 0 Å². The molecule has 1 aliphatic rings. The van der Waals surface area contributed by atoms with Gasteiger partial charge in [0.25, 0.3) is 0 Å². The fraction of sp³-hybridized carbons (Fsp3) is 0.917. The van der Waals surface area contributed by atoms with Gasteiger partial charge in [0, 0.05) is 19.1 Å². The van der Waals surface area contributed by atoms with E-state index in [-0.39, 0.29) is 11.8 Å². The van der Waals surface area contributed by atoms with Gasteiger partial charge in [-0.1, -0.05) is 6.92 Å². The molecule has 1 fully saturated rings. The Bertz CT molecular complexity index is 397. The summed E-state index contributed by atoms with van der Waals surface area (Å²) in [5.41, 5.74) is 0. The number of rotatable bonds is 7. The van der Waals surface area contributed by atoms with Crippen LogP contribution in [0.25, 0.3) is 0 Å². The molecule has 0 spiro atoms. The van der Waals surface area contributed by atoms with Gasteiger partial charge < -0.3 is 10.4 Å². The molecule has 2 atom stereocenters. The smallest absolute Gasteiger partial charge is 0.322 e. The molecular formula is C12H24N2O4S. The monoisotopic (exact) mass is 292 g/mol. The highest BCUT2D eigenvalue weighted by Crippen LogP contribution is 2.20. The third-order valence-corrected chi connectivity index (χ3v) is 5.43. The van der Waals surface area contributed by atoms with E-state index in [1.54, 1.807) is 0 Å². The van der Waals surface area contributed by atoms with E-state index in [0.29, 0.717) is 19.5 Å². The van der Waals surface area contributed by atoms with Gasteiger partial charge in [0.15, 0.2) is 0 Å². The zero-order valence-corrected chi connectivity index (χ0v) is 12.4. The highest BCUT2D eigenvalue weighted by Gasteiger charge is 2.36. The average Bonchev–Trinajstić information content (AvgIpc) is 2.38. The number of piperidine rings is 1. The molecule has 1 aliphatic heterocycles. The number of hydrogen-bond donors (Lipinski definition) is 2. The molecule has 0 aromatic carbocycles. The topological polar surface area (TPSA) is 86.7 Å². The second-order valence-electron chi connectivity index (χ2n) is 5.04. The summed E-state index contributed by atoms with van der Waals surface area (Å²) in [6.45, 7) is 4.70. The van der Waals surface area contributed by atoms with Gasteiger partial charge in [-0.15, -0.1) is 0 Å². The lowest BCUT2D eigenvalue weighted by molar-refractivity contribution is -0.142. The molecule has 112 valence electrons. The van der Waals surface area contributed by atoms with E-state index < -0.39 is 22.0 Å². The SMILES string of the molecule is CCC(C)NCCS(=O)(=O)N1CCCCC1C(=O)O. The summed E-state index contributed by atoms with van der Waals surface area (Å²) in [6, 6.07) is -0.617. The summed E-state index contributed by atoms with van der Waals surface area (Å²) < 4.78 is 25.5. The predicted molar refractivity (Wildman–Crippen MR) is 73.5 cm³/mol. The lowest BCUT2D eigenvalue weighted by Gasteiger charge is -2.32.